The van der Waals surface area contributed by atoms with Crippen LogP contribution >= 0.6 is 11.8 Å². The molecule has 0 aliphatic carbocycles. The Balaban J connectivity index is 2.49. The summed E-state index contributed by atoms with van der Waals surface area (Å²) in [5.74, 6) is 0.915. The van der Waals surface area contributed by atoms with Crippen LogP contribution in [0.4, 0.5) is 0 Å². The summed E-state index contributed by atoms with van der Waals surface area (Å²) in [6.07, 6.45) is 3.01. The van der Waals surface area contributed by atoms with Gasteiger partial charge >= 0.3 is 5.97 Å². The van der Waals surface area contributed by atoms with Crippen LogP contribution in [0.1, 0.15) is 40.0 Å². The van der Waals surface area contributed by atoms with E-state index < -0.39 is 5.97 Å². The van der Waals surface area contributed by atoms with Gasteiger partial charge in [0.15, 0.2) is 0 Å². The van der Waals surface area contributed by atoms with Crippen molar-refractivity contribution in [2.45, 2.75) is 57.4 Å². The molecule has 0 saturated carbocycles. The second-order valence-corrected chi connectivity index (χ2v) is 6.50. The summed E-state index contributed by atoms with van der Waals surface area (Å²) in [6, 6.07) is -0.0234. The zero-order valence-electron chi connectivity index (χ0n) is 10.4. The first kappa shape index (κ1) is 13.8. The van der Waals surface area contributed by atoms with Gasteiger partial charge in [-0.3, -0.25) is 4.79 Å². The van der Waals surface area contributed by atoms with Gasteiger partial charge in [0.25, 0.3) is 0 Å². The SMILES string of the molecule is CC(C)CC(NC1CCCSC1C)C(=O)O. The molecule has 0 bridgehead atoms. The van der Waals surface area contributed by atoms with Gasteiger partial charge in [0.05, 0.1) is 0 Å². The number of carboxylic acid groups (broad SMARTS) is 1. The van der Waals surface area contributed by atoms with Crippen LogP contribution in [-0.2, 0) is 4.79 Å². The first-order valence-corrected chi connectivity index (χ1v) is 7.16. The monoisotopic (exact) mass is 245 g/mol. The molecular weight excluding hydrogens is 222 g/mol. The molecule has 1 heterocycles. The van der Waals surface area contributed by atoms with Crippen molar-refractivity contribution < 1.29 is 9.90 Å². The van der Waals surface area contributed by atoms with E-state index >= 15 is 0 Å². The van der Waals surface area contributed by atoms with Crippen LogP contribution in [0.2, 0.25) is 0 Å². The van der Waals surface area contributed by atoms with E-state index in [4.69, 9.17) is 5.11 Å². The average Bonchev–Trinajstić information content (AvgIpc) is 2.19. The van der Waals surface area contributed by atoms with Crippen molar-refractivity contribution in [1.82, 2.24) is 5.32 Å². The minimum atomic E-state index is -0.712. The predicted molar refractivity (Wildman–Crippen MR) is 69.0 cm³/mol. The van der Waals surface area contributed by atoms with Crippen LogP contribution in [0, 0.1) is 5.92 Å². The van der Waals surface area contributed by atoms with Crippen LogP contribution in [0.3, 0.4) is 0 Å². The molecule has 94 valence electrons. The second-order valence-electron chi connectivity index (χ2n) is 5.01. The normalized spacial score (nSPS) is 28.0. The molecule has 0 aromatic heterocycles. The van der Waals surface area contributed by atoms with Gasteiger partial charge in [-0.25, -0.2) is 0 Å². The van der Waals surface area contributed by atoms with Crippen molar-refractivity contribution >= 4 is 17.7 Å². The van der Waals surface area contributed by atoms with Crippen molar-refractivity contribution in [2.75, 3.05) is 5.75 Å². The molecule has 0 aromatic rings. The van der Waals surface area contributed by atoms with Crippen molar-refractivity contribution in [3.05, 3.63) is 0 Å². The van der Waals surface area contributed by atoms with Crippen LogP contribution in [0.5, 0.6) is 0 Å². The molecule has 1 saturated heterocycles. The number of thioether (sulfide) groups is 1. The molecule has 2 N–H and O–H groups in total. The summed E-state index contributed by atoms with van der Waals surface area (Å²) >= 11 is 1.94. The summed E-state index contributed by atoms with van der Waals surface area (Å²) in [4.78, 5) is 11.1. The van der Waals surface area contributed by atoms with E-state index in [1.54, 1.807) is 0 Å². The Hall–Kier alpha value is -0.220. The third-order valence-corrected chi connectivity index (χ3v) is 4.41. The van der Waals surface area contributed by atoms with Gasteiger partial charge in [-0.05, 0) is 30.9 Å². The topological polar surface area (TPSA) is 49.3 Å². The number of nitrogens with one attached hydrogen (secondary N) is 1. The molecule has 0 radical (unpaired) electrons. The lowest BCUT2D eigenvalue weighted by Gasteiger charge is -2.32. The first-order valence-electron chi connectivity index (χ1n) is 6.11. The molecule has 0 spiro atoms. The Morgan fingerprint density at radius 2 is 2.25 bits per heavy atom. The van der Waals surface area contributed by atoms with Crippen LogP contribution in [0.15, 0.2) is 0 Å². The van der Waals surface area contributed by atoms with Gasteiger partial charge in [0, 0.05) is 11.3 Å². The maximum Gasteiger partial charge on any atom is 0.320 e. The fourth-order valence-electron chi connectivity index (χ4n) is 2.11. The summed E-state index contributed by atoms with van der Waals surface area (Å²) in [7, 11) is 0. The molecular formula is C12H23NO2S. The zero-order chi connectivity index (χ0) is 12.1. The standard InChI is InChI=1S/C12H23NO2S/c1-8(2)7-11(12(14)15)13-10-5-4-6-16-9(10)3/h8-11,13H,4-7H2,1-3H3,(H,14,15). The maximum atomic E-state index is 11.1. The lowest BCUT2D eigenvalue weighted by Crippen LogP contribution is -2.48. The lowest BCUT2D eigenvalue weighted by atomic mass is 10.0. The van der Waals surface area contributed by atoms with E-state index in [2.05, 4.69) is 26.1 Å². The number of carbonyl (C=O) groups is 1. The number of aliphatic carboxylic acids is 1. The first-order chi connectivity index (χ1) is 7.50. The van der Waals surface area contributed by atoms with Crippen LogP contribution < -0.4 is 5.32 Å². The highest BCUT2D eigenvalue weighted by atomic mass is 32.2. The zero-order valence-corrected chi connectivity index (χ0v) is 11.2. The van der Waals surface area contributed by atoms with Crippen LogP contribution in [0.25, 0.3) is 0 Å². The molecule has 3 unspecified atom stereocenters. The van der Waals surface area contributed by atoms with Gasteiger partial charge < -0.3 is 10.4 Å². The van der Waals surface area contributed by atoms with E-state index in [9.17, 15) is 4.79 Å². The van der Waals surface area contributed by atoms with Gasteiger partial charge in [-0.2, -0.15) is 11.8 Å². The Kier molecular flexibility index (Phi) is 5.62. The number of hydrogen-bond donors (Lipinski definition) is 2. The lowest BCUT2D eigenvalue weighted by molar-refractivity contribution is -0.140. The van der Waals surface area contributed by atoms with E-state index in [1.165, 1.54) is 12.2 Å². The third-order valence-electron chi connectivity index (χ3n) is 3.03. The average molecular weight is 245 g/mol. The summed E-state index contributed by atoms with van der Waals surface area (Å²) in [6.45, 7) is 6.32. The fraction of sp³-hybridized carbons (Fsp3) is 0.917. The molecule has 1 aliphatic heterocycles. The minimum absolute atomic E-state index is 0.360. The highest BCUT2D eigenvalue weighted by Crippen LogP contribution is 2.25. The summed E-state index contributed by atoms with van der Waals surface area (Å²) < 4.78 is 0. The largest absolute Gasteiger partial charge is 0.480 e. The molecule has 0 aromatic carbocycles. The predicted octanol–water partition coefficient (Wildman–Crippen LogP) is 2.36. The molecule has 16 heavy (non-hydrogen) atoms. The fourth-order valence-corrected chi connectivity index (χ4v) is 3.26. The third kappa shape index (κ3) is 4.34. The second kappa shape index (κ2) is 6.50. The Morgan fingerprint density at radius 3 is 2.75 bits per heavy atom. The van der Waals surface area contributed by atoms with E-state index in [1.807, 2.05) is 11.8 Å². The van der Waals surface area contributed by atoms with E-state index in [-0.39, 0.29) is 6.04 Å². The Bertz CT molecular complexity index is 233. The Morgan fingerprint density at radius 1 is 1.56 bits per heavy atom. The number of rotatable bonds is 5. The smallest absolute Gasteiger partial charge is 0.320 e. The number of carboxylic acids is 1. The van der Waals surface area contributed by atoms with Crippen LogP contribution in [-0.4, -0.2) is 34.2 Å². The maximum absolute atomic E-state index is 11.1. The highest BCUT2D eigenvalue weighted by Gasteiger charge is 2.27. The van der Waals surface area contributed by atoms with Crippen molar-refractivity contribution in [1.29, 1.82) is 0 Å². The molecule has 3 nitrogen and oxygen atoms in total. The van der Waals surface area contributed by atoms with Gasteiger partial charge in [0.2, 0.25) is 0 Å². The molecule has 3 atom stereocenters. The molecule has 1 aliphatic rings. The molecule has 1 rings (SSSR count). The van der Waals surface area contributed by atoms with Gasteiger partial charge in [-0.15, -0.1) is 0 Å². The minimum Gasteiger partial charge on any atom is -0.480 e. The van der Waals surface area contributed by atoms with Crippen molar-refractivity contribution in [3.63, 3.8) is 0 Å². The van der Waals surface area contributed by atoms with Crippen molar-refractivity contribution in [3.8, 4) is 0 Å². The quantitative estimate of drug-likeness (QED) is 0.780. The van der Waals surface area contributed by atoms with Gasteiger partial charge in [-0.1, -0.05) is 20.8 Å². The molecule has 0 amide bonds. The summed E-state index contributed by atoms with van der Waals surface area (Å²) in [5.41, 5.74) is 0. The number of hydrogen-bond acceptors (Lipinski definition) is 3. The molecule has 4 heteroatoms. The van der Waals surface area contributed by atoms with Crippen molar-refractivity contribution in [2.24, 2.45) is 5.92 Å². The Labute approximate surface area is 102 Å². The highest BCUT2D eigenvalue weighted by molar-refractivity contribution is 7.99. The van der Waals surface area contributed by atoms with E-state index in [0.717, 1.165) is 6.42 Å². The molecule has 1 fully saturated rings. The van der Waals surface area contributed by atoms with E-state index in [0.29, 0.717) is 23.6 Å². The van der Waals surface area contributed by atoms with Gasteiger partial charge in [0.1, 0.15) is 6.04 Å². The summed E-state index contributed by atoms with van der Waals surface area (Å²) in [5, 5.41) is 13.0.